The van der Waals surface area contributed by atoms with E-state index in [1.165, 1.54) is 6.08 Å². The minimum Gasteiger partial charge on any atom is -0.463 e. The van der Waals surface area contributed by atoms with E-state index in [1.54, 1.807) is 20.8 Å². The first-order valence-corrected chi connectivity index (χ1v) is 5.11. The topological polar surface area (TPSA) is 63.6 Å². The highest BCUT2D eigenvalue weighted by Gasteiger charge is 2.09. The predicted molar refractivity (Wildman–Crippen MR) is 50.6 cm³/mol. The van der Waals surface area contributed by atoms with E-state index in [1.807, 2.05) is 0 Å². The molecule has 0 fully saturated rings. The number of hydrogen-bond acceptors (Lipinski definition) is 3. The van der Waals surface area contributed by atoms with Crippen LogP contribution in [0, 0.1) is 0 Å². The summed E-state index contributed by atoms with van der Waals surface area (Å²) in [6.07, 6.45) is 1.42. The van der Waals surface area contributed by atoms with Crippen molar-refractivity contribution in [2.24, 2.45) is 0 Å². The molecule has 4 nitrogen and oxygen atoms in total. The fourth-order valence-corrected chi connectivity index (χ4v) is 1.04. The van der Waals surface area contributed by atoms with Crippen LogP contribution >= 0.6 is 0 Å². The van der Waals surface area contributed by atoms with Crippen molar-refractivity contribution in [3.05, 3.63) is 11.6 Å². The smallest absolute Gasteiger partial charge is 0.333 e. The third-order valence-corrected chi connectivity index (χ3v) is 2.17. The first-order valence-electron chi connectivity index (χ1n) is 3.94. The van der Waals surface area contributed by atoms with Gasteiger partial charge in [0.15, 0.2) is 11.1 Å². The Morgan fingerprint density at radius 2 is 2.23 bits per heavy atom. The van der Waals surface area contributed by atoms with Gasteiger partial charge in [0.2, 0.25) is 0 Å². The summed E-state index contributed by atoms with van der Waals surface area (Å²) < 4.78 is 23.9. The molecule has 76 valence electrons. The van der Waals surface area contributed by atoms with E-state index in [4.69, 9.17) is 9.29 Å². The van der Waals surface area contributed by atoms with Crippen molar-refractivity contribution in [1.29, 1.82) is 0 Å². The molecule has 0 aromatic heterocycles. The Bertz CT molecular complexity index is 234. The molecule has 2 atom stereocenters. The fourth-order valence-electron chi connectivity index (χ4n) is 0.723. The standard InChI is InChI=1S/C8H14O4S/c1-4-12-8(9)6(2)5-7(3)13(10)11/h5,7H,4H2,1-3H3,(H,10,11). The second-order valence-corrected chi connectivity index (χ2v) is 3.85. The Hall–Kier alpha value is -0.680. The molecule has 0 saturated carbocycles. The molecule has 0 spiro atoms. The van der Waals surface area contributed by atoms with Crippen LogP contribution in [0.25, 0.3) is 0 Å². The molecule has 0 aliphatic heterocycles. The summed E-state index contributed by atoms with van der Waals surface area (Å²) in [5, 5.41) is -0.551. The fraction of sp³-hybridized carbons (Fsp3) is 0.625. The monoisotopic (exact) mass is 206 g/mol. The molecule has 0 heterocycles. The molecule has 0 rings (SSSR count). The molecular formula is C8H14O4S. The number of hydrogen-bond donors (Lipinski definition) is 1. The zero-order valence-corrected chi connectivity index (χ0v) is 8.76. The summed E-state index contributed by atoms with van der Waals surface area (Å²) >= 11 is -1.94. The van der Waals surface area contributed by atoms with E-state index in [9.17, 15) is 9.00 Å². The van der Waals surface area contributed by atoms with Crippen LogP contribution in [0.15, 0.2) is 11.6 Å². The van der Waals surface area contributed by atoms with Gasteiger partial charge in [-0.1, -0.05) is 6.08 Å². The van der Waals surface area contributed by atoms with Gasteiger partial charge in [-0.15, -0.1) is 0 Å². The van der Waals surface area contributed by atoms with Crippen LogP contribution in [-0.4, -0.2) is 26.6 Å². The van der Waals surface area contributed by atoms with Gasteiger partial charge in [0, 0.05) is 5.57 Å². The lowest BCUT2D eigenvalue weighted by atomic mass is 10.2. The lowest BCUT2D eigenvalue weighted by Crippen LogP contribution is -2.11. The normalized spacial score (nSPS) is 16.5. The molecular weight excluding hydrogens is 192 g/mol. The van der Waals surface area contributed by atoms with E-state index in [-0.39, 0.29) is 0 Å². The maximum absolute atomic E-state index is 11.0. The first kappa shape index (κ1) is 12.3. The predicted octanol–water partition coefficient (Wildman–Crippen LogP) is 1.11. The van der Waals surface area contributed by atoms with Crippen molar-refractivity contribution in [3.8, 4) is 0 Å². The van der Waals surface area contributed by atoms with Crippen LogP contribution in [0.4, 0.5) is 0 Å². The number of carbonyl (C=O) groups excluding carboxylic acids is 1. The number of esters is 1. The van der Waals surface area contributed by atoms with Crippen molar-refractivity contribution in [1.82, 2.24) is 0 Å². The minimum absolute atomic E-state index is 0.306. The van der Waals surface area contributed by atoms with Crippen molar-refractivity contribution in [3.63, 3.8) is 0 Å². The van der Waals surface area contributed by atoms with Crippen molar-refractivity contribution in [2.75, 3.05) is 6.61 Å². The van der Waals surface area contributed by atoms with Crippen LogP contribution in [0.2, 0.25) is 0 Å². The Labute approximate surface area is 80.3 Å². The molecule has 1 N–H and O–H groups in total. The van der Waals surface area contributed by atoms with Crippen LogP contribution in [-0.2, 0) is 20.6 Å². The van der Waals surface area contributed by atoms with Gasteiger partial charge in [0.05, 0.1) is 11.9 Å². The quantitative estimate of drug-likeness (QED) is 0.425. The maximum atomic E-state index is 11.0. The van der Waals surface area contributed by atoms with E-state index >= 15 is 0 Å². The van der Waals surface area contributed by atoms with Crippen molar-refractivity contribution >= 4 is 17.0 Å². The molecule has 0 aliphatic rings. The lowest BCUT2D eigenvalue weighted by Gasteiger charge is -2.03. The van der Waals surface area contributed by atoms with Gasteiger partial charge in [-0.05, 0) is 20.8 Å². The molecule has 0 aromatic carbocycles. The molecule has 0 aliphatic carbocycles. The van der Waals surface area contributed by atoms with E-state index < -0.39 is 22.3 Å². The van der Waals surface area contributed by atoms with E-state index in [0.29, 0.717) is 12.2 Å². The molecule has 0 aromatic rings. The van der Waals surface area contributed by atoms with Gasteiger partial charge in [-0.2, -0.15) is 0 Å². The SMILES string of the molecule is CCOC(=O)C(C)=CC(C)S(=O)O. The van der Waals surface area contributed by atoms with Crippen LogP contribution in [0.5, 0.6) is 0 Å². The Balaban J connectivity index is 4.31. The van der Waals surface area contributed by atoms with Crippen LogP contribution in [0.1, 0.15) is 20.8 Å². The molecule has 13 heavy (non-hydrogen) atoms. The average molecular weight is 206 g/mol. The van der Waals surface area contributed by atoms with Gasteiger partial charge in [0.1, 0.15) is 0 Å². The second-order valence-electron chi connectivity index (χ2n) is 2.55. The zero-order chi connectivity index (χ0) is 10.4. The van der Waals surface area contributed by atoms with Crippen LogP contribution < -0.4 is 0 Å². The van der Waals surface area contributed by atoms with E-state index in [0.717, 1.165) is 0 Å². The molecule has 2 unspecified atom stereocenters. The highest BCUT2D eigenvalue weighted by atomic mass is 32.2. The van der Waals surface area contributed by atoms with Gasteiger partial charge < -0.3 is 9.29 Å². The third-order valence-electron chi connectivity index (χ3n) is 1.40. The zero-order valence-electron chi connectivity index (χ0n) is 7.94. The minimum atomic E-state index is -1.94. The summed E-state index contributed by atoms with van der Waals surface area (Å²) in [7, 11) is 0. The number of ether oxygens (including phenoxy) is 1. The summed E-state index contributed by atoms with van der Waals surface area (Å²) in [4.78, 5) is 11.0. The molecule has 0 amide bonds. The molecule has 0 bridgehead atoms. The van der Waals surface area contributed by atoms with Gasteiger partial charge in [-0.3, -0.25) is 0 Å². The van der Waals surface area contributed by atoms with Crippen molar-refractivity contribution in [2.45, 2.75) is 26.0 Å². The highest BCUT2D eigenvalue weighted by Crippen LogP contribution is 2.02. The number of carbonyl (C=O) groups is 1. The summed E-state index contributed by atoms with van der Waals surface area (Å²) in [5.74, 6) is -0.445. The Morgan fingerprint density at radius 3 is 2.62 bits per heavy atom. The number of rotatable bonds is 4. The molecule has 5 heteroatoms. The largest absolute Gasteiger partial charge is 0.463 e. The summed E-state index contributed by atoms with van der Waals surface area (Å²) in [6.45, 7) is 5.12. The summed E-state index contributed by atoms with van der Waals surface area (Å²) in [5.41, 5.74) is 0.358. The highest BCUT2D eigenvalue weighted by molar-refractivity contribution is 7.80. The van der Waals surface area contributed by atoms with Crippen LogP contribution in [0.3, 0.4) is 0 Å². The van der Waals surface area contributed by atoms with Gasteiger partial charge in [0.25, 0.3) is 0 Å². The van der Waals surface area contributed by atoms with E-state index in [2.05, 4.69) is 0 Å². The Kier molecular flexibility index (Phi) is 5.57. The lowest BCUT2D eigenvalue weighted by molar-refractivity contribution is -0.138. The van der Waals surface area contributed by atoms with Crippen molar-refractivity contribution < 1.29 is 18.3 Å². The second kappa shape index (κ2) is 5.88. The third kappa shape index (κ3) is 4.80. The Morgan fingerprint density at radius 1 is 1.69 bits per heavy atom. The van der Waals surface area contributed by atoms with Gasteiger partial charge >= 0.3 is 5.97 Å². The molecule has 0 saturated heterocycles. The summed E-state index contributed by atoms with van der Waals surface area (Å²) in [6, 6.07) is 0. The van der Waals surface area contributed by atoms with Gasteiger partial charge in [-0.25, -0.2) is 9.00 Å². The first-order chi connectivity index (χ1) is 5.99. The average Bonchev–Trinajstić information content (AvgIpc) is 2.04. The molecule has 0 radical (unpaired) electrons. The maximum Gasteiger partial charge on any atom is 0.333 e.